The van der Waals surface area contributed by atoms with Crippen molar-refractivity contribution in [3.63, 3.8) is 0 Å². The predicted octanol–water partition coefficient (Wildman–Crippen LogP) is 3.24. The van der Waals surface area contributed by atoms with Crippen LogP contribution in [-0.4, -0.2) is 10.4 Å². The number of aromatic nitrogens is 1. The van der Waals surface area contributed by atoms with Gasteiger partial charge in [0, 0.05) is 17.1 Å². The summed E-state index contributed by atoms with van der Waals surface area (Å²) in [5.74, 6) is -0.203. The lowest BCUT2D eigenvalue weighted by Gasteiger charge is -2.01. The number of carbonyl (C=O) groups excluding carboxylic acids is 1. The van der Waals surface area contributed by atoms with Gasteiger partial charge in [-0.2, -0.15) is 8.78 Å². The predicted molar refractivity (Wildman–Crippen MR) is 53.2 cm³/mol. The fourth-order valence-electron chi connectivity index (χ4n) is 1.65. The highest BCUT2D eigenvalue weighted by molar-refractivity contribution is 6.06. The minimum Gasteiger partial charge on any atom is -0.294 e. The highest BCUT2D eigenvalue weighted by atomic mass is 19.3. The van der Waals surface area contributed by atoms with E-state index in [1.165, 1.54) is 13.1 Å². The van der Waals surface area contributed by atoms with Crippen LogP contribution in [0.25, 0.3) is 10.9 Å². The molecule has 2 rings (SSSR count). The first-order valence-electron chi connectivity index (χ1n) is 4.50. The molecule has 0 aliphatic rings. The molecule has 1 aromatic carbocycles. The standard InChI is InChI=1S/C11H9F2NO/c1-7(15)9-6-14(11(12)13)10-5-3-2-4-8(9)10/h2-6,11H,1H3. The minimum atomic E-state index is -2.62. The Hall–Kier alpha value is -1.71. The van der Waals surface area contributed by atoms with Gasteiger partial charge in [0.1, 0.15) is 0 Å². The van der Waals surface area contributed by atoms with E-state index in [0.29, 0.717) is 16.5 Å². The molecule has 0 amide bonds. The van der Waals surface area contributed by atoms with E-state index in [1.54, 1.807) is 24.3 Å². The van der Waals surface area contributed by atoms with Gasteiger partial charge in [-0.3, -0.25) is 9.36 Å². The number of ketones is 1. The Morgan fingerprint density at radius 1 is 1.33 bits per heavy atom. The third kappa shape index (κ3) is 1.52. The van der Waals surface area contributed by atoms with E-state index in [1.807, 2.05) is 0 Å². The first-order chi connectivity index (χ1) is 7.11. The lowest BCUT2D eigenvalue weighted by Crippen LogP contribution is -1.95. The summed E-state index contributed by atoms with van der Waals surface area (Å²) < 4.78 is 26.1. The molecule has 1 heterocycles. The smallest absolute Gasteiger partial charge is 0.294 e. The first kappa shape index (κ1) is 9.83. The zero-order chi connectivity index (χ0) is 11.0. The van der Waals surface area contributed by atoms with Crippen LogP contribution in [0.1, 0.15) is 23.8 Å². The van der Waals surface area contributed by atoms with Crippen LogP contribution in [0.5, 0.6) is 0 Å². The maximum atomic E-state index is 12.6. The molecule has 0 bridgehead atoms. The van der Waals surface area contributed by atoms with Crippen molar-refractivity contribution in [3.05, 3.63) is 36.0 Å². The topological polar surface area (TPSA) is 22.0 Å². The fourth-order valence-corrected chi connectivity index (χ4v) is 1.65. The second-order valence-corrected chi connectivity index (χ2v) is 3.30. The van der Waals surface area contributed by atoms with Crippen molar-refractivity contribution in [3.8, 4) is 0 Å². The van der Waals surface area contributed by atoms with Gasteiger partial charge in [-0.1, -0.05) is 18.2 Å². The van der Waals surface area contributed by atoms with Crippen LogP contribution in [-0.2, 0) is 0 Å². The number of nitrogens with zero attached hydrogens (tertiary/aromatic N) is 1. The molecular weight excluding hydrogens is 200 g/mol. The van der Waals surface area contributed by atoms with E-state index in [-0.39, 0.29) is 5.78 Å². The average Bonchev–Trinajstić information content (AvgIpc) is 2.56. The number of rotatable bonds is 2. The van der Waals surface area contributed by atoms with Gasteiger partial charge in [0.25, 0.3) is 0 Å². The largest absolute Gasteiger partial charge is 0.319 e. The Balaban J connectivity index is 2.79. The number of Topliss-reactive ketones (excluding diaryl/α,β-unsaturated/α-hetero) is 1. The molecule has 0 saturated carbocycles. The number of fused-ring (bicyclic) bond motifs is 1. The van der Waals surface area contributed by atoms with Gasteiger partial charge in [0.05, 0.1) is 5.52 Å². The van der Waals surface area contributed by atoms with Gasteiger partial charge < -0.3 is 0 Å². The molecule has 0 radical (unpaired) electrons. The summed E-state index contributed by atoms with van der Waals surface area (Å²) in [6.45, 7) is -1.25. The van der Waals surface area contributed by atoms with Crippen molar-refractivity contribution in [2.24, 2.45) is 0 Å². The SMILES string of the molecule is CC(=O)c1cn(C(F)F)c2ccccc12. The third-order valence-corrected chi connectivity index (χ3v) is 2.33. The molecular formula is C11H9F2NO. The van der Waals surface area contributed by atoms with Crippen molar-refractivity contribution >= 4 is 16.7 Å². The van der Waals surface area contributed by atoms with E-state index < -0.39 is 6.55 Å². The fraction of sp³-hybridized carbons (Fsp3) is 0.182. The summed E-state index contributed by atoms with van der Waals surface area (Å²) in [6.07, 6.45) is 1.21. The molecule has 0 spiro atoms. The Kier molecular flexibility index (Phi) is 2.26. The van der Waals surface area contributed by atoms with Gasteiger partial charge in [-0.05, 0) is 13.0 Å². The number of hydrogen-bond donors (Lipinski definition) is 0. The Labute approximate surface area is 85.1 Å². The third-order valence-electron chi connectivity index (χ3n) is 2.33. The van der Waals surface area contributed by atoms with Crippen LogP contribution in [0.3, 0.4) is 0 Å². The van der Waals surface area contributed by atoms with Gasteiger partial charge in [0.15, 0.2) is 5.78 Å². The maximum Gasteiger partial charge on any atom is 0.319 e. The number of alkyl halides is 2. The van der Waals surface area contributed by atoms with Crippen LogP contribution in [0.4, 0.5) is 8.78 Å². The van der Waals surface area contributed by atoms with Crippen LogP contribution in [0.2, 0.25) is 0 Å². The molecule has 0 atom stereocenters. The lowest BCUT2D eigenvalue weighted by atomic mass is 10.1. The van der Waals surface area contributed by atoms with E-state index in [4.69, 9.17) is 0 Å². The molecule has 4 heteroatoms. The van der Waals surface area contributed by atoms with Crippen molar-refractivity contribution in [1.82, 2.24) is 4.57 Å². The lowest BCUT2D eigenvalue weighted by molar-refractivity contribution is 0.0750. The quantitative estimate of drug-likeness (QED) is 0.696. The van der Waals surface area contributed by atoms with Gasteiger partial charge in [-0.25, -0.2) is 0 Å². The minimum absolute atomic E-state index is 0.203. The number of hydrogen-bond acceptors (Lipinski definition) is 1. The number of benzene rings is 1. The monoisotopic (exact) mass is 209 g/mol. The molecule has 0 N–H and O–H groups in total. The van der Waals surface area contributed by atoms with Crippen molar-refractivity contribution in [2.75, 3.05) is 0 Å². The summed E-state index contributed by atoms with van der Waals surface area (Å²) in [4.78, 5) is 11.2. The second-order valence-electron chi connectivity index (χ2n) is 3.30. The summed E-state index contributed by atoms with van der Waals surface area (Å²) in [6, 6.07) is 6.65. The molecule has 78 valence electrons. The first-order valence-corrected chi connectivity index (χ1v) is 4.50. The number of halogens is 2. The van der Waals surface area contributed by atoms with E-state index in [2.05, 4.69) is 0 Å². The molecule has 0 aliphatic heterocycles. The number of carbonyl (C=O) groups is 1. The zero-order valence-electron chi connectivity index (χ0n) is 8.08. The molecule has 2 aromatic rings. The number of para-hydroxylation sites is 1. The molecule has 1 aromatic heterocycles. The molecule has 15 heavy (non-hydrogen) atoms. The van der Waals surface area contributed by atoms with E-state index >= 15 is 0 Å². The normalized spacial score (nSPS) is 11.2. The zero-order valence-corrected chi connectivity index (χ0v) is 8.08. The van der Waals surface area contributed by atoms with Crippen LogP contribution in [0.15, 0.2) is 30.5 Å². The molecule has 0 fully saturated rings. The summed E-state index contributed by atoms with van der Waals surface area (Å²) in [5, 5.41) is 0.574. The van der Waals surface area contributed by atoms with Crippen molar-refractivity contribution < 1.29 is 13.6 Å². The van der Waals surface area contributed by atoms with Crippen molar-refractivity contribution in [1.29, 1.82) is 0 Å². The maximum absolute atomic E-state index is 12.6. The van der Waals surface area contributed by atoms with Gasteiger partial charge in [0.2, 0.25) is 0 Å². The van der Waals surface area contributed by atoms with Crippen LogP contribution < -0.4 is 0 Å². The summed E-state index contributed by atoms with van der Waals surface area (Å²) >= 11 is 0. The van der Waals surface area contributed by atoms with Crippen LogP contribution in [0, 0.1) is 0 Å². The Bertz CT molecular complexity index is 516. The highest BCUT2D eigenvalue weighted by Crippen LogP contribution is 2.26. The Morgan fingerprint density at radius 3 is 2.60 bits per heavy atom. The van der Waals surface area contributed by atoms with Crippen molar-refractivity contribution in [2.45, 2.75) is 13.5 Å². The average molecular weight is 209 g/mol. The summed E-state index contributed by atoms with van der Waals surface area (Å²) in [7, 11) is 0. The van der Waals surface area contributed by atoms with E-state index in [0.717, 1.165) is 4.57 Å². The molecule has 0 unspecified atom stereocenters. The second kappa shape index (κ2) is 3.46. The molecule has 0 aliphatic carbocycles. The highest BCUT2D eigenvalue weighted by Gasteiger charge is 2.15. The van der Waals surface area contributed by atoms with Crippen LogP contribution >= 0.6 is 0 Å². The van der Waals surface area contributed by atoms with Gasteiger partial charge >= 0.3 is 6.55 Å². The summed E-state index contributed by atoms with van der Waals surface area (Å²) in [5.41, 5.74) is 0.726. The van der Waals surface area contributed by atoms with Gasteiger partial charge in [-0.15, -0.1) is 0 Å². The molecule has 2 nitrogen and oxygen atoms in total. The van der Waals surface area contributed by atoms with E-state index in [9.17, 15) is 13.6 Å². The molecule has 0 saturated heterocycles. The Morgan fingerprint density at radius 2 is 2.00 bits per heavy atom.